The second kappa shape index (κ2) is 4.96. The number of anilines is 2. The van der Waals surface area contributed by atoms with E-state index in [0.29, 0.717) is 0 Å². The van der Waals surface area contributed by atoms with Crippen LogP contribution in [0.15, 0.2) is 48.8 Å². The van der Waals surface area contributed by atoms with Crippen LogP contribution in [0, 0.1) is 0 Å². The molecular weight excluding hydrogens is 252 g/mol. The number of pyridine rings is 1. The van der Waals surface area contributed by atoms with Gasteiger partial charge >= 0.3 is 5.97 Å². The number of aliphatic carboxylic acids is 1. The lowest BCUT2D eigenvalue weighted by Gasteiger charge is -2.38. The van der Waals surface area contributed by atoms with Gasteiger partial charge in [0, 0.05) is 11.9 Å². The molecule has 0 atom stereocenters. The Hall–Kier alpha value is -2.36. The molecule has 0 bridgehead atoms. The van der Waals surface area contributed by atoms with Crippen LogP contribution >= 0.6 is 0 Å². The van der Waals surface area contributed by atoms with Crippen LogP contribution in [0.3, 0.4) is 0 Å². The molecule has 0 aliphatic heterocycles. The largest absolute Gasteiger partial charge is 0.481 e. The van der Waals surface area contributed by atoms with Crippen molar-refractivity contribution < 1.29 is 9.90 Å². The van der Waals surface area contributed by atoms with Gasteiger partial charge in [0.15, 0.2) is 0 Å². The second-order valence-electron chi connectivity index (χ2n) is 5.18. The first-order chi connectivity index (χ1) is 9.71. The van der Waals surface area contributed by atoms with E-state index in [1.807, 2.05) is 36.4 Å². The van der Waals surface area contributed by atoms with Gasteiger partial charge in [-0.1, -0.05) is 18.6 Å². The van der Waals surface area contributed by atoms with E-state index in [9.17, 15) is 9.90 Å². The lowest BCUT2D eigenvalue weighted by Crippen LogP contribution is -2.42. The molecule has 1 saturated carbocycles. The minimum atomic E-state index is -0.711. The third-order valence-corrected chi connectivity index (χ3v) is 4.00. The highest BCUT2D eigenvalue weighted by atomic mass is 16.4. The normalized spacial score (nSPS) is 16.2. The zero-order valence-corrected chi connectivity index (χ0v) is 11.0. The molecule has 0 amide bonds. The summed E-state index contributed by atoms with van der Waals surface area (Å²) in [6.45, 7) is 0. The number of carbonyl (C=O) groups is 1. The molecule has 0 unspecified atom stereocenters. The molecule has 0 radical (unpaired) electrons. The van der Waals surface area contributed by atoms with E-state index in [1.165, 1.54) is 0 Å². The molecule has 1 heterocycles. The third kappa shape index (κ3) is 2.13. The van der Waals surface area contributed by atoms with Crippen molar-refractivity contribution in [3.05, 3.63) is 54.4 Å². The van der Waals surface area contributed by atoms with E-state index in [-0.39, 0.29) is 0 Å². The molecule has 102 valence electrons. The fourth-order valence-electron chi connectivity index (χ4n) is 2.63. The molecule has 3 rings (SSSR count). The van der Waals surface area contributed by atoms with E-state index in [4.69, 9.17) is 0 Å². The van der Waals surface area contributed by atoms with E-state index < -0.39 is 11.4 Å². The first-order valence-corrected chi connectivity index (χ1v) is 6.72. The number of hydrogen-bond acceptors (Lipinski definition) is 3. The molecule has 1 aliphatic rings. The molecule has 2 aromatic rings. The van der Waals surface area contributed by atoms with Gasteiger partial charge in [-0.05, 0) is 42.7 Å². The zero-order chi connectivity index (χ0) is 14.0. The fourth-order valence-corrected chi connectivity index (χ4v) is 2.63. The highest BCUT2D eigenvalue weighted by Gasteiger charge is 2.45. The number of carboxylic acid groups (broad SMARTS) is 1. The van der Waals surface area contributed by atoms with Crippen LogP contribution in [-0.2, 0) is 10.2 Å². The van der Waals surface area contributed by atoms with Crippen molar-refractivity contribution in [3.63, 3.8) is 0 Å². The zero-order valence-electron chi connectivity index (χ0n) is 11.0. The number of carboxylic acids is 1. The lowest BCUT2D eigenvalue weighted by molar-refractivity contribution is -0.147. The predicted octanol–water partition coefficient (Wildman–Crippen LogP) is 3.33. The Balaban J connectivity index is 1.80. The molecule has 0 spiro atoms. The van der Waals surface area contributed by atoms with E-state index in [1.54, 1.807) is 12.4 Å². The van der Waals surface area contributed by atoms with Crippen LogP contribution in [-0.4, -0.2) is 16.1 Å². The highest BCUT2D eigenvalue weighted by Crippen LogP contribution is 2.44. The third-order valence-electron chi connectivity index (χ3n) is 4.00. The van der Waals surface area contributed by atoms with Gasteiger partial charge in [0.05, 0.1) is 17.3 Å². The molecule has 1 fully saturated rings. The van der Waals surface area contributed by atoms with E-state index in [0.717, 1.165) is 36.2 Å². The average molecular weight is 268 g/mol. The van der Waals surface area contributed by atoms with Crippen molar-refractivity contribution in [1.82, 2.24) is 4.98 Å². The number of rotatable bonds is 4. The number of nitrogens with one attached hydrogen (secondary N) is 1. The molecule has 4 nitrogen and oxygen atoms in total. The van der Waals surface area contributed by atoms with Gasteiger partial charge in [-0.25, -0.2) is 0 Å². The molecule has 4 heteroatoms. The van der Waals surface area contributed by atoms with Gasteiger partial charge in [-0.15, -0.1) is 0 Å². The van der Waals surface area contributed by atoms with E-state index in [2.05, 4.69) is 10.3 Å². The number of aromatic nitrogens is 1. The molecule has 20 heavy (non-hydrogen) atoms. The van der Waals surface area contributed by atoms with Crippen molar-refractivity contribution in [2.75, 3.05) is 5.32 Å². The Bertz CT molecular complexity index is 604. The van der Waals surface area contributed by atoms with Gasteiger partial charge in [0.1, 0.15) is 0 Å². The Labute approximate surface area is 117 Å². The van der Waals surface area contributed by atoms with Gasteiger partial charge in [0.25, 0.3) is 0 Å². The van der Waals surface area contributed by atoms with Gasteiger partial charge in [0.2, 0.25) is 0 Å². The van der Waals surface area contributed by atoms with Crippen molar-refractivity contribution in [1.29, 1.82) is 0 Å². The van der Waals surface area contributed by atoms with Crippen LogP contribution in [0.5, 0.6) is 0 Å². The molecule has 0 saturated heterocycles. The Morgan fingerprint density at radius 3 is 2.40 bits per heavy atom. The van der Waals surface area contributed by atoms with Gasteiger partial charge in [-0.3, -0.25) is 9.78 Å². The smallest absolute Gasteiger partial charge is 0.314 e. The van der Waals surface area contributed by atoms with Crippen molar-refractivity contribution >= 4 is 17.3 Å². The SMILES string of the molecule is O=C(O)C1(c2ccc(Nc3cccnc3)cc2)CCC1. The molecule has 2 N–H and O–H groups in total. The Kier molecular flexibility index (Phi) is 3.14. The Morgan fingerprint density at radius 2 is 1.90 bits per heavy atom. The molecule has 1 aliphatic carbocycles. The maximum absolute atomic E-state index is 11.5. The minimum absolute atomic E-state index is 0.660. The summed E-state index contributed by atoms with van der Waals surface area (Å²) in [6, 6.07) is 11.5. The predicted molar refractivity (Wildman–Crippen MR) is 77.1 cm³/mol. The van der Waals surface area contributed by atoms with Crippen molar-refractivity contribution in [2.24, 2.45) is 0 Å². The van der Waals surface area contributed by atoms with Crippen LogP contribution in [0.4, 0.5) is 11.4 Å². The Morgan fingerprint density at radius 1 is 1.15 bits per heavy atom. The van der Waals surface area contributed by atoms with Crippen molar-refractivity contribution in [2.45, 2.75) is 24.7 Å². The van der Waals surface area contributed by atoms with Crippen LogP contribution in [0.1, 0.15) is 24.8 Å². The average Bonchev–Trinajstić information content (AvgIpc) is 2.40. The first kappa shape index (κ1) is 12.7. The molecular formula is C16H16N2O2. The molecule has 1 aromatic carbocycles. The fraction of sp³-hybridized carbons (Fsp3) is 0.250. The van der Waals surface area contributed by atoms with Crippen LogP contribution in [0.2, 0.25) is 0 Å². The number of nitrogens with zero attached hydrogens (tertiary/aromatic N) is 1. The standard InChI is InChI=1S/C16H16N2O2/c19-15(20)16(8-2-9-16)12-4-6-13(7-5-12)18-14-3-1-10-17-11-14/h1,3-7,10-11,18H,2,8-9H2,(H,19,20). The summed E-state index contributed by atoms with van der Waals surface area (Å²) in [7, 11) is 0. The minimum Gasteiger partial charge on any atom is -0.481 e. The number of hydrogen-bond donors (Lipinski definition) is 2. The summed E-state index contributed by atoms with van der Waals surface area (Å²) in [4.78, 5) is 15.5. The number of benzene rings is 1. The first-order valence-electron chi connectivity index (χ1n) is 6.72. The summed E-state index contributed by atoms with van der Waals surface area (Å²) in [6.07, 6.45) is 5.93. The monoisotopic (exact) mass is 268 g/mol. The van der Waals surface area contributed by atoms with Crippen LogP contribution in [0.25, 0.3) is 0 Å². The van der Waals surface area contributed by atoms with E-state index >= 15 is 0 Å². The van der Waals surface area contributed by atoms with Crippen molar-refractivity contribution in [3.8, 4) is 0 Å². The highest BCUT2D eigenvalue weighted by molar-refractivity contribution is 5.82. The van der Waals surface area contributed by atoms with Crippen LogP contribution < -0.4 is 5.32 Å². The summed E-state index contributed by atoms with van der Waals surface area (Å²) < 4.78 is 0. The maximum atomic E-state index is 11.5. The topological polar surface area (TPSA) is 62.2 Å². The van der Waals surface area contributed by atoms with Gasteiger partial charge < -0.3 is 10.4 Å². The summed E-state index contributed by atoms with van der Waals surface area (Å²) in [5.41, 5.74) is 2.08. The lowest BCUT2D eigenvalue weighted by atomic mass is 9.64. The summed E-state index contributed by atoms with van der Waals surface area (Å²) in [5.74, 6) is -0.711. The molecule has 1 aromatic heterocycles. The summed E-state index contributed by atoms with van der Waals surface area (Å²) >= 11 is 0. The quantitative estimate of drug-likeness (QED) is 0.892. The second-order valence-corrected chi connectivity index (χ2v) is 5.18. The maximum Gasteiger partial charge on any atom is 0.314 e. The van der Waals surface area contributed by atoms with Gasteiger partial charge in [-0.2, -0.15) is 0 Å². The summed E-state index contributed by atoms with van der Waals surface area (Å²) in [5, 5.41) is 12.7.